The predicted molar refractivity (Wildman–Crippen MR) is 74.3 cm³/mol. The average Bonchev–Trinajstić information content (AvgIpc) is 2.73. The van der Waals surface area contributed by atoms with E-state index in [1.807, 2.05) is 30.3 Å². The summed E-state index contributed by atoms with van der Waals surface area (Å²) in [5.41, 5.74) is 8.37. The first-order valence-electron chi connectivity index (χ1n) is 5.56. The zero-order valence-electron chi connectivity index (χ0n) is 9.55. The number of halogens is 1. The molecule has 0 amide bonds. The molecule has 1 aromatic carbocycles. The van der Waals surface area contributed by atoms with Gasteiger partial charge in [0.1, 0.15) is 0 Å². The zero-order valence-corrected chi connectivity index (χ0v) is 11.1. The molecule has 0 atom stereocenters. The van der Waals surface area contributed by atoms with Crippen LogP contribution in [0.3, 0.4) is 0 Å². The molecule has 0 aliphatic rings. The molecule has 0 bridgehead atoms. The summed E-state index contributed by atoms with van der Waals surface area (Å²) in [6.45, 7) is 0. The molecule has 0 fully saturated rings. The van der Waals surface area contributed by atoms with Gasteiger partial charge in [0.05, 0.1) is 11.9 Å². The SMILES string of the molecule is Nc1ccc2nc(Cc3ccccc3Br)nn2c1. The highest BCUT2D eigenvalue weighted by molar-refractivity contribution is 9.10. The van der Waals surface area contributed by atoms with E-state index in [1.165, 1.54) is 5.56 Å². The van der Waals surface area contributed by atoms with Crippen LogP contribution >= 0.6 is 15.9 Å². The van der Waals surface area contributed by atoms with Crippen molar-refractivity contribution in [2.24, 2.45) is 0 Å². The van der Waals surface area contributed by atoms with Gasteiger partial charge in [0.15, 0.2) is 11.5 Å². The summed E-state index contributed by atoms with van der Waals surface area (Å²) in [5, 5.41) is 4.41. The topological polar surface area (TPSA) is 56.2 Å². The second-order valence-corrected chi connectivity index (χ2v) is 4.92. The molecular weight excluding hydrogens is 292 g/mol. The van der Waals surface area contributed by atoms with Crippen LogP contribution in [-0.2, 0) is 6.42 Å². The molecular formula is C13H11BrN4. The summed E-state index contributed by atoms with van der Waals surface area (Å²) < 4.78 is 2.78. The van der Waals surface area contributed by atoms with Crippen molar-refractivity contribution in [2.75, 3.05) is 5.73 Å². The molecule has 0 radical (unpaired) electrons. The lowest BCUT2D eigenvalue weighted by molar-refractivity contribution is 0.900. The van der Waals surface area contributed by atoms with Crippen LogP contribution in [-0.4, -0.2) is 14.6 Å². The smallest absolute Gasteiger partial charge is 0.156 e. The monoisotopic (exact) mass is 302 g/mol. The molecule has 0 aliphatic carbocycles. The number of anilines is 1. The molecule has 18 heavy (non-hydrogen) atoms. The van der Waals surface area contributed by atoms with Crippen LogP contribution in [0.15, 0.2) is 47.1 Å². The largest absolute Gasteiger partial charge is 0.397 e. The van der Waals surface area contributed by atoms with Crippen molar-refractivity contribution < 1.29 is 0 Å². The lowest BCUT2D eigenvalue weighted by Crippen LogP contribution is -1.94. The summed E-state index contributed by atoms with van der Waals surface area (Å²) in [6, 6.07) is 11.8. The van der Waals surface area contributed by atoms with E-state index >= 15 is 0 Å². The van der Waals surface area contributed by atoms with Crippen molar-refractivity contribution in [3.05, 3.63) is 58.5 Å². The van der Waals surface area contributed by atoms with Crippen LogP contribution in [0.1, 0.15) is 11.4 Å². The minimum Gasteiger partial charge on any atom is -0.397 e. The summed E-state index contributed by atoms with van der Waals surface area (Å²) in [5.74, 6) is 0.785. The number of rotatable bonds is 2. The molecule has 0 aliphatic heterocycles. The number of nitrogens with zero attached hydrogens (tertiary/aromatic N) is 3. The van der Waals surface area contributed by atoms with Crippen LogP contribution in [0.5, 0.6) is 0 Å². The standard InChI is InChI=1S/C13H11BrN4/c14-11-4-2-1-3-9(11)7-12-16-13-6-5-10(15)8-18(13)17-12/h1-6,8H,7,15H2. The highest BCUT2D eigenvalue weighted by atomic mass is 79.9. The van der Waals surface area contributed by atoms with Crippen LogP contribution in [0, 0.1) is 0 Å². The first-order valence-corrected chi connectivity index (χ1v) is 6.36. The van der Waals surface area contributed by atoms with Gasteiger partial charge in [-0.3, -0.25) is 0 Å². The molecule has 5 heteroatoms. The maximum Gasteiger partial charge on any atom is 0.156 e. The number of fused-ring (bicyclic) bond motifs is 1. The van der Waals surface area contributed by atoms with Gasteiger partial charge in [-0.25, -0.2) is 9.50 Å². The minimum atomic E-state index is 0.680. The van der Waals surface area contributed by atoms with Gasteiger partial charge in [-0.2, -0.15) is 5.10 Å². The van der Waals surface area contributed by atoms with Crippen molar-refractivity contribution in [1.82, 2.24) is 14.6 Å². The van der Waals surface area contributed by atoms with E-state index in [4.69, 9.17) is 5.73 Å². The Balaban J connectivity index is 1.98. The summed E-state index contributed by atoms with van der Waals surface area (Å²) in [4.78, 5) is 4.47. The van der Waals surface area contributed by atoms with Crippen molar-refractivity contribution in [3.8, 4) is 0 Å². The molecule has 0 saturated carbocycles. The molecule has 90 valence electrons. The molecule has 3 rings (SSSR count). The molecule has 4 nitrogen and oxygen atoms in total. The van der Waals surface area contributed by atoms with Gasteiger partial charge in [-0.05, 0) is 23.8 Å². The van der Waals surface area contributed by atoms with Crippen LogP contribution in [0.4, 0.5) is 5.69 Å². The maximum atomic E-state index is 5.71. The van der Waals surface area contributed by atoms with E-state index in [0.29, 0.717) is 12.1 Å². The normalized spacial score (nSPS) is 10.9. The molecule has 2 N–H and O–H groups in total. The Morgan fingerprint density at radius 3 is 2.83 bits per heavy atom. The Morgan fingerprint density at radius 1 is 1.17 bits per heavy atom. The summed E-state index contributed by atoms with van der Waals surface area (Å²) in [7, 11) is 0. The van der Waals surface area contributed by atoms with Crippen LogP contribution < -0.4 is 5.73 Å². The van der Waals surface area contributed by atoms with Gasteiger partial charge in [0, 0.05) is 10.9 Å². The fourth-order valence-electron chi connectivity index (χ4n) is 1.83. The van der Waals surface area contributed by atoms with Gasteiger partial charge in [-0.15, -0.1) is 0 Å². The van der Waals surface area contributed by atoms with Gasteiger partial charge in [0.25, 0.3) is 0 Å². The van der Waals surface area contributed by atoms with Gasteiger partial charge in [0.2, 0.25) is 0 Å². The number of hydrogen-bond donors (Lipinski definition) is 1. The Morgan fingerprint density at radius 2 is 2.00 bits per heavy atom. The third-order valence-corrected chi connectivity index (χ3v) is 3.48. The average molecular weight is 303 g/mol. The first kappa shape index (κ1) is 11.2. The van der Waals surface area contributed by atoms with E-state index in [2.05, 4.69) is 32.1 Å². The molecule has 3 aromatic rings. The highest BCUT2D eigenvalue weighted by Crippen LogP contribution is 2.18. The molecule has 0 saturated heterocycles. The van der Waals surface area contributed by atoms with Crippen molar-refractivity contribution >= 4 is 27.3 Å². The second-order valence-electron chi connectivity index (χ2n) is 4.06. The fourth-order valence-corrected chi connectivity index (χ4v) is 2.26. The highest BCUT2D eigenvalue weighted by Gasteiger charge is 2.06. The lowest BCUT2D eigenvalue weighted by Gasteiger charge is -1.99. The van der Waals surface area contributed by atoms with E-state index in [0.717, 1.165) is 15.9 Å². The van der Waals surface area contributed by atoms with E-state index < -0.39 is 0 Å². The van der Waals surface area contributed by atoms with Gasteiger partial charge >= 0.3 is 0 Å². The van der Waals surface area contributed by atoms with E-state index in [9.17, 15) is 0 Å². The number of aromatic nitrogens is 3. The number of benzene rings is 1. The maximum absolute atomic E-state index is 5.71. The van der Waals surface area contributed by atoms with Crippen molar-refractivity contribution in [3.63, 3.8) is 0 Å². The molecule has 0 unspecified atom stereocenters. The predicted octanol–water partition coefficient (Wildman–Crippen LogP) is 2.66. The number of hydrogen-bond acceptors (Lipinski definition) is 3. The van der Waals surface area contributed by atoms with Crippen LogP contribution in [0.2, 0.25) is 0 Å². The quantitative estimate of drug-likeness (QED) is 0.792. The molecule has 2 aromatic heterocycles. The molecule has 0 spiro atoms. The number of pyridine rings is 1. The van der Waals surface area contributed by atoms with Gasteiger partial charge < -0.3 is 5.73 Å². The minimum absolute atomic E-state index is 0.680. The van der Waals surface area contributed by atoms with Crippen molar-refractivity contribution in [2.45, 2.75) is 6.42 Å². The Labute approximate surface area is 113 Å². The zero-order chi connectivity index (χ0) is 12.5. The van der Waals surface area contributed by atoms with Crippen LogP contribution in [0.25, 0.3) is 5.65 Å². The summed E-state index contributed by atoms with van der Waals surface area (Å²) in [6.07, 6.45) is 2.47. The van der Waals surface area contributed by atoms with Gasteiger partial charge in [-0.1, -0.05) is 34.1 Å². The fraction of sp³-hybridized carbons (Fsp3) is 0.0769. The third kappa shape index (κ3) is 2.09. The van der Waals surface area contributed by atoms with Crippen molar-refractivity contribution in [1.29, 1.82) is 0 Å². The Bertz CT molecular complexity index is 705. The second kappa shape index (κ2) is 4.42. The Hall–Kier alpha value is -1.88. The first-order chi connectivity index (χ1) is 8.72. The Kier molecular flexibility index (Phi) is 2.76. The number of nitrogen functional groups attached to an aromatic ring is 1. The van der Waals surface area contributed by atoms with E-state index in [1.54, 1.807) is 10.7 Å². The summed E-state index contributed by atoms with van der Waals surface area (Å²) >= 11 is 3.53. The third-order valence-electron chi connectivity index (χ3n) is 2.70. The number of nitrogens with two attached hydrogens (primary N) is 1. The molecule has 2 heterocycles. The van der Waals surface area contributed by atoms with E-state index in [-0.39, 0.29) is 0 Å². The lowest BCUT2D eigenvalue weighted by atomic mass is 10.1.